The Labute approximate surface area is 171 Å². The van der Waals surface area contributed by atoms with E-state index in [1.54, 1.807) is 43.2 Å². The molecule has 0 bridgehead atoms. The minimum absolute atomic E-state index is 0.0156. The molecule has 150 valence electrons. The van der Waals surface area contributed by atoms with Crippen molar-refractivity contribution >= 4 is 17.5 Å². The second-order valence-corrected chi connectivity index (χ2v) is 7.33. The number of phenols is 1. The Kier molecular flexibility index (Phi) is 5.02. The number of carbonyl (C=O) groups is 1. The molecule has 0 aliphatic carbocycles. The average molecular weight is 416 g/mol. The van der Waals surface area contributed by atoms with Crippen LogP contribution in [0.2, 0.25) is 5.02 Å². The van der Waals surface area contributed by atoms with Crippen LogP contribution in [0.5, 0.6) is 5.75 Å². The molecule has 1 atom stereocenters. The summed E-state index contributed by atoms with van der Waals surface area (Å²) in [6, 6.07) is 8.68. The van der Waals surface area contributed by atoms with Crippen molar-refractivity contribution in [1.82, 2.24) is 15.1 Å². The van der Waals surface area contributed by atoms with Crippen molar-refractivity contribution in [3.63, 3.8) is 0 Å². The topological polar surface area (TPSA) is 78.5 Å². The number of H-pyrrole nitrogens is 1. The third kappa shape index (κ3) is 3.26. The molecular formula is C21H19ClFN3O3. The van der Waals surface area contributed by atoms with E-state index in [0.29, 0.717) is 40.7 Å². The van der Waals surface area contributed by atoms with Crippen LogP contribution < -0.4 is 0 Å². The molecule has 1 unspecified atom stereocenters. The van der Waals surface area contributed by atoms with Crippen LogP contribution in [0, 0.1) is 12.7 Å². The quantitative estimate of drug-likeness (QED) is 0.658. The standard InChI is InChI=1S/C21H19ClFN3O3/c1-11-9-16(27)14(10-15(11)22)18-17-19(25-24-18)21(28)26(7-8-29-2)20(17)12-3-5-13(23)6-4-12/h3-6,9-10,20,27H,7-8H2,1-2H3,(H,24,25). The summed E-state index contributed by atoms with van der Waals surface area (Å²) >= 11 is 6.27. The molecule has 6 nitrogen and oxygen atoms in total. The molecule has 0 saturated carbocycles. The molecule has 3 aromatic rings. The van der Waals surface area contributed by atoms with Crippen molar-refractivity contribution in [2.24, 2.45) is 0 Å². The molecule has 2 N–H and O–H groups in total. The van der Waals surface area contributed by atoms with Crippen LogP contribution in [0.1, 0.15) is 33.2 Å². The third-order valence-corrected chi connectivity index (χ3v) is 5.53. The molecule has 2 aromatic carbocycles. The number of benzene rings is 2. The molecule has 4 rings (SSSR count). The summed E-state index contributed by atoms with van der Waals surface area (Å²) in [4.78, 5) is 14.7. The number of aromatic amines is 1. The third-order valence-electron chi connectivity index (χ3n) is 5.12. The number of aromatic nitrogens is 2. The number of aryl methyl sites for hydroxylation is 1. The number of hydrogen-bond acceptors (Lipinski definition) is 4. The number of halogens is 2. The molecule has 0 saturated heterocycles. The number of hydrogen-bond donors (Lipinski definition) is 2. The van der Waals surface area contributed by atoms with Gasteiger partial charge in [-0.3, -0.25) is 9.89 Å². The predicted octanol–water partition coefficient (Wildman–Crippen LogP) is 4.07. The van der Waals surface area contributed by atoms with Gasteiger partial charge in [-0.2, -0.15) is 5.10 Å². The van der Waals surface area contributed by atoms with Crippen molar-refractivity contribution in [2.45, 2.75) is 13.0 Å². The number of fused-ring (bicyclic) bond motifs is 1. The fourth-order valence-corrected chi connectivity index (χ4v) is 3.83. The normalized spacial score (nSPS) is 15.8. The Bertz CT molecular complexity index is 1080. The second-order valence-electron chi connectivity index (χ2n) is 6.92. The number of phenolic OH excluding ortho intramolecular Hbond substituents is 1. The van der Waals surface area contributed by atoms with E-state index in [9.17, 15) is 14.3 Å². The maximum Gasteiger partial charge on any atom is 0.273 e. The fourth-order valence-electron chi connectivity index (χ4n) is 3.67. The van der Waals surface area contributed by atoms with Gasteiger partial charge < -0.3 is 14.7 Å². The van der Waals surface area contributed by atoms with Crippen LogP contribution >= 0.6 is 11.6 Å². The number of ether oxygens (including phenoxy) is 1. The zero-order valence-electron chi connectivity index (χ0n) is 15.9. The van der Waals surface area contributed by atoms with Gasteiger partial charge >= 0.3 is 0 Å². The van der Waals surface area contributed by atoms with Gasteiger partial charge in [0.15, 0.2) is 0 Å². The van der Waals surface area contributed by atoms with Crippen molar-refractivity contribution in [3.05, 3.63) is 69.6 Å². The van der Waals surface area contributed by atoms with E-state index in [2.05, 4.69) is 10.2 Å². The predicted molar refractivity (Wildman–Crippen MR) is 107 cm³/mol. The maximum atomic E-state index is 13.5. The van der Waals surface area contributed by atoms with Crippen LogP contribution in [-0.2, 0) is 4.74 Å². The molecule has 2 heterocycles. The van der Waals surface area contributed by atoms with Gasteiger partial charge in [0.25, 0.3) is 5.91 Å². The van der Waals surface area contributed by atoms with E-state index < -0.39 is 6.04 Å². The van der Waals surface area contributed by atoms with Gasteiger partial charge in [0, 0.05) is 29.8 Å². The number of nitrogens with zero attached hydrogens (tertiary/aromatic N) is 2. The highest BCUT2D eigenvalue weighted by Gasteiger charge is 2.42. The summed E-state index contributed by atoms with van der Waals surface area (Å²) in [5.41, 5.74) is 3.27. The summed E-state index contributed by atoms with van der Waals surface area (Å²) in [6.45, 7) is 2.48. The van der Waals surface area contributed by atoms with Gasteiger partial charge in [-0.15, -0.1) is 0 Å². The molecule has 1 amide bonds. The van der Waals surface area contributed by atoms with Crippen molar-refractivity contribution in [1.29, 1.82) is 0 Å². The number of amides is 1. The Morgan fingerprint density at radius 1 is 1.31 bits per heavy atom. The molecule has 1 aliphatic rings. The smallest absolute Gasteiger partial charge is 0.273 e. The number of methoxy groups -OCH3 is 1. The summed E-state index contributed by atoms with van der Waals surface area (Å²) in [5.74, 6) is -0.582. The molecule has 0 spiro atoms. The van der Waals surface area contributed by atoms with Crippen LogP contribution in [0.15, 0.2) is 36.4 Å². The lowest BCUT2D eigenvalue weighted by Crippen LogP contribution is -2.32. The molecular weight excluding hydrogens is 397 g/mol. The summed E-state index contributed by atoms with van der Waals surface area (Å²) in [6.07, 6.45) is 0. The lowest BCUT2D eigenvalue weighted by molar-refractivity contribution is 0.0677. The van der Waals surface area contributed by atoms with Gasteiger partial charge in [0.2, 0.25) is 0 Å². The van der Waals surface area contributed by atoms with Crippen molar-refractivity contribution in [2.75, 3.05) is 20.3 Å². The lowest BCUT2D eigenvalue weighted by Gasteiger charge is -2.26. The van der Waals surface area contributed by atoms with E-state index in [1.165, 1.54) is 12.1 Å². The minimum atomic E-state index is -0.499. The lowest BCUT2D eigenvalue weighted by atomic mass is 9.95. The van der Waals surface area contributed by atoms with E-state index in [-0.39, 0.29) is 17.5 Å². The first-order valence-electron chi connectivity index (χ1n) is 9.05. The molecule has 0 fully saturated rings. The van der Waals surface area contributed by atoms with Gasteiger partial charge in [-0.05, 0) is 42.3 Å². The van der Waals surface area contributed by atoms with E-state index in [0.717, 1.165) is 11.1 Å². The first-order chi connectivity index (χ1) is 13.9. The van der Waals surface area contributed by atoms with Gasteiger partial charge in [-0.1, -0.05) is 23.7 Å². The monoisotopic (exact) mass is 415 g/mol. The number of rotatable bonds is 5. The second kappa shape index (κ2) is 7.50. The van der Waals surface area contributed by atoms with E-state index in [4.69, 9.17) is 16.3 Å². The average Bonchev–Trinajstić information content (AvgIpc) is 3.23. The first-order valence-corrected chi connectivity index (χ1v) is 9.43. The SMILES string of the molecule is COCCN1C(=O)c2[nH]nc(-c3cc(Cl)c(C)cc3O)c2C1c1ccc(F)cc1. The molecule has 29 heavy (non-hydrogen) atoms. The summed E-state index contributed by atoms with van der Waals surface area (Å²) < 4.78 is 18.7. The van der Waals surface area contributed by atoms with E-state index >= 15 is 0 Å². The molecule has 1 aliphatic heterocycles. The number of nitrogens with one attached hydrogen (secondary N) is 1. The maximum absolute atomic E-state index is 13.5. The molecule has 0 radical (unpaired) electrons. The van der Waals surface area contributed by atoms with Crippen LogP contribution in [0.3, 0.4) is 0 Å². The first kappa shape index (κ1) is 19.4. The zero-order valence-corrected chi connectivity index (χ0v) is 16.6. The summed E-state index contributed by atoms with van der Waals surface area (Å²) in [7, 11) is 1.56. The van der Waals surface area contributed by atoms with E-state index in [1.807, 2.05) is 0 Å². The van der Waals surface area contributed by atoms with Crippen molar-refractivity contribution < 1.29 is 19.0 Å². The van der Waals surface area contributed by atoms with Crippen LogP contribution in [-0.4, -0.2) is 46.4 Å². The Morgan fingerprint density at radius 3 is 2.72 bits per heavy atom. The van der Waals surface area contributed by atoms with Crippen LogP contribution in [0.25, 0.3) is 11.3 Å². The molecule has 8 heteroatoms. The van der Waals surface area contributed by atoms with Gasteiger partial charge in [0.1, 0.15) is 23.0 Å². The minimum Gasteiger partial charge on any atom is -0.507 e. The Morgan fingerprint density at radius 2 is 2.03 bits per heavy atom. The Hall–Kier alpha value is -2.90. The zero-order chi connectivity index (χ0) is 20.7. The highest BCUT2D eigenvalue weighted by atomic mass is 35.5. The fraction of sp³-hybridized carbons (Fsp3) is 0.238. The summed E-state index contributed by atoms with van der Waals surface area (Å²) in [5, 5.41) is 18.1. The van der Waals surface area contributed by atoms with Gasteiger partial charge in [0.05, 0.1) is 12.6 Å². The number of aromatic hydroxyl groups is 1. The van der Waals surface area contributed by atoms with Gasteiger partial charge in [-0.25, -0.2) is 4.39 Å². The Balaban J connectivity index is 1.89. The van der Waals surface area contributed by atoms with Crippen LogP contribution in [0.4, 0.5) is 4.39 Å². The largest absolute Gasteiger partial charge is 0.507 e. The highest BCUT2D eigenvalue weighted by Crippen LogP contribution is 2.45. The highest BCUT2D eigenvalue weighted by molar-refractivity contribution is 6.31. The number of carbonyl (C=O) groups excluding carboxylic acids is 1. The van der Waals surface area contributed by atoms with Crippen molar-refractivity contribution in [3.8, 4) is 17.0 Å². The molecule has 1 aromatic heterocycles.